The molecule has 3 nitrogen and oxygen atoms in total. The standard InChI is InChI=1S/C16H20INO2/c1-10(19)11-9-12(16(11,2)3)15(20)18(4)14-8-6-5-7-13(14)17/h5-8,11-12H,9H2,1-4H3/t11-,12-/m0/s1. The number of amides is 1. The van der Waals surface area contributed by atoms with E-state index in [1.54, 1.807) is 11.8 Å². The number of rotatable bonds is 3. The molecule has 1 amide bonds. The highest BCUT2D eigenvalue weighted by Gasteiger charge is 2.54. The van der Waals surface area contributed by atoms with Crippen molar-refractivity contribution in [2.45, 2.75) is 27.2 Å². The molecule has 108 valence electrons. The molecule has 0 saturated heterocycles. The molecule has 0 bridgehead atoms. The topological polar surface area (TPSA) is 37.4 Å². The highest BCUT2D eigenvalue weighted by molar-refractivity contribution is 14.1. The third kappa shape index (κ3) is 2.50. The van der Waals surface area contributed by atoms with Crippen LogP contribution in [0.4, 0.5) is 5.69 Å². The van der Waals surface area contributed by atoms with E-state index in [1.807, 2.05) is 45.2 Å². The first-order valence-corrected chi connectivity index (χ1v) is 7.87. The minimum absolute atomic E-state index is 0.0136. The molecule has 1 aromatic rings. The zero-order valence-electron chi connectivity index (χ0n) is 12.3. The molecular formula is C16H20INO2. The van der Waals surface area contributed by atoms with Crippen LogP contribution in [0.15, 0.2) is 24.3 Å². The van der Waals surface area contributed by atoms with Crippen molar-refractivity contribution in [2.75, 3.05) is 11.9 Å². The minimum atomic E-state index is -0.239. The number of carbonyl (C=O) groups is 2. The van der Waals surface area contributed by atoms with Crippen LogP contribution in [-0.2, 0) is 9.59 Å². The van der Waals surface area contributed by atoms with Gasteiger partial charge in [-0.15, -0.1) is 0 Å². The maximum Gasteiger partial charge on any atom is 0.230 e. The quantitative estimate of drug-likeness (QED) is 0.747. The van der Waals surface area contributed by atoms with E-state index in [2.05, 4.69) is 22.6 Å². The SMILES string of the molecule is CC(=O)[C@@H]1C[C@@H](C(=O)N(C)c2ccccc2I)C1(C)C. The predicted octanol–water partition coefficient (Wildman–Crippen LogP) is 3.51. The van der Waals surface area contributed by atoms with E-state index >= 15 is 0 Å². The van der Waals surface area contributed by atoms with Gasteiger partial charge in [-0.25, -0.2) is 0 Å². The first kappa shape index (κ1) is 15.5. The van der Waals surface area contributed by atoms with Crippen LogP contribution in [0.3, 0.4) is 0 Å². The van der Waals surface area contributed by atoms with Crippen molar-refractivity contribution < 1.29 is 9.59 Å². The fourth-order valence-electron chi connectivity index (χ4n) is 3.11. The highest BCUT2D eigenvalue weighted by atomic mass is 127. The summed E-state index contributed by atoms with van der Waals surface area (Å²) in [5.41, 5.74) is 0.692. The van der Waals surface area contributed by atoms with Crippen molar-refractivity contribution in [3.8, 4) is 0 Å². The van der Waals surface area contributed by atoms with E-state index in [4.69, 9.17) is 0 Å². The summed E-state index contributed by atoms with van der Waals surface area (Å²) < 4.78 is 1.06. The molecule has 0 unspecified atom stereocenters. The first-order valence-electron chi connectivity index (χ1n) is 6.79. The maximum atomic E-state index is 12.7. The van der Waals surface area contributed by atoms with Gasteiger partial charge in [0.15, 0.2) is 0 Å². The lowest BCUT2D eigenvalue weighted by molar-refractivity contribution is -0.146. The number of Topliss-reactive ketones (excluding diaryl/α,β-unsaturated/α-hetero) is 1. The Labute approximate surface area is 133 Å². The lowest BCUT2D eigenvalue weighted by Gasteiger charge is -2.50. The fraction of sp³-hybridized carbons (Fsp3) is 0.500. The molecule has 1 saturated carbocycles. The van der Waals surface area contributed by atoms with E-state index in [9.17, 15) is 9.59 Å². The number of benzene rings is 1. The number of ketones is 1. The average Bonchev–Trinajstić information content (AvgIpc) is 2.36. The zero-order valence-corrected chi connectivity index (χ0v) is 14.5. The first-order chi connectivity index (χ1) is 9.26. The van der Waals surface area contributed by atoms with E-state index in [1.165, 1.54) is 0 Å². The van der Waals surface area contributed by atoms with E-state index in [0.29, 0.717) is 6.42 Å². The maximum absolute atomic E-state index is 12.7. The summed E-state index contributed by atoms with van der Waals surface area (Å²) in [5.74, 6) is 0.240. The highest BCUT2D eigenvalue weighted by Crippen LogP contribution is 2.52. The molecule has 0 spiro atoms. The lowest BCUT2D eigenvalue weighted by atomic mass is 9.53. The summed E-state index contributed by atoms with van der Waals surface area (Å²) >= 11 is 2.24. The largest absolute Gasteiger partial charge is 0.314 e. The fourth-order valence-corrected chi connectivity index (χ4v) is 3.86. The van der Waals surface area contributed by atoms with Gasteiger partial charge in [0.05, 0.1) is 5.69 Å². The zero-order chi connectivity index (χ0) is 15.1. The van der Waals surface area contributed by atoms with Gasteiger partial charge in [-0.2, -0.15) is 0 Å². The van der Waals surface area contributed by atoms with Crippen LogP contribution in [0.5, 0.6) is 0 Å². The Balaban J connectivity index is 2.18. The van der Waals surface area contributed by atoms with E-state index < -0.39 is 0 Å². The van der Waals surface area contributed by atoms with Gasteiger partial charge >= 0.3 is 0 Å². The predicted molar refractivity (Wildman–Crippen MR) is 88.6 cm³/mol. The van der Waals surface area contributed by atoms with Crippen molar-refractivity contribution in [3.05, 3.63) is 27.8 Å². The Morgan fingerprint density at radius 3 is 2.35 bits per heavy atom. The molecule has 0 N–H and O–H groups in total. The lowest BCUT2D eigenvalue weighted by Crippen LogP contribution is -2.55. The van der Waals surface area contributed by atoms with Gasteiger partial charge < -0.3 is 4.90 Å². The molecule has 0 heterocycles. The Kier molecular flexibility index (Phi) is 4.23. The molecule has 0 aliphatic heterocycles. The van der Waals surface area contributed by atoms with Crippen LogP contribution >= 0.6 is 22.6 Å². The molecular weight excluding hydrogens is 365 g/mol. The van der Waals surface area contributed by atoms with Gasteiger partial charge in [0.25, 0.3) is 0 Å². The Morgan fingerprint density at radius 1 is 1.25 bits per heavy atom. The second-order valence-corrected chi connectivity index (χ2v) is 7.28. The molecule has 1 aromatic carbocycles. The van der Waals surface area contributed by atoms with Gasteiger partial charge in [-0.3, -0.25) is 9.59 Å². The van der Waals surface area contributed by atoms with Crippen molar-refractivity contribution in [1.29, 1.82) is 0 Å². The number of anilines is 1. The molecule has 1 aliphatic rings. The number of nitrogens with zero attached hydrogens (tertiary/aromatic N) is 1. The Morgan fingerprint density at radius 2 is 1.85 bits per heavy atom. The second kappa shape index (κ2) is 5.47. The number of hydrogen-bond acceptors (Lipinski definition) is 2. The number of para-hydroxylation sites is 1. The van der Waals surface area contributed by atoms with Crippen LogP contribution in [0.2, 0.25) is 0 Å². The van der Waals surface area contributed by atoms with Crippen molar-refractivity contribution in [3.63, 3.8) is 0 Å². The van der Waals surface area contributed by atoms with Gasteiger partial charge in [-0.1, -0.05) is 26.0 Å². The van der Waals surface area contributed by atoms with Crippen LogP contribution in [0.25, 0.3) is 0 Å². The molecule has 1 fully saturated rings. The summed E-state index contributed by atoms with van der Waals surface area (Å²) in [5, 5.41) is 0. The molecule has 1 aliphatic carbocycles. The van der Waals surface area contributed by atoms with Gasteiger partial charge in [-0.05, 0) is 53.5 Å². The van der Waals surface area contributed by atoms with Gasteiger partial charge in [0.1, 0.15) is 5.78 Å². The van der Waals surface area contributed by atoms with Gasteiger partial charge in [0.2, 0.25) is 5.91 Å². The molecule has 0 radical (unpaired) electrons. The molecule has 20 heavy (non-hydrogen) atoms. The molecule has 4 heteroatoms. The van der Waals surface area contributed by atoms with Crippen molar-refractivity contribution in [1.82, 2.24) is 0 Å². The average molecular weight is 385 g/mol. The third-order valence-electron chi connectivity index (χ3n) is 4.60. The molecule has 2 rings (SSSR count). The summed E-state index contributed by atoms with van der Waals surface area (Å²) in [6, 6.07) is 7.84. The summed E-state index contributed by atoms with van der Waals surface area (Å²) in [4.78, 5) is 26.0. The third-order valence-corrected chi connectivity index (χ3v) is 5.51. The van der Waals surface area contributed by atoms with E-state index in [-0.39, 0.29) is 28.9 Å². The normalized spacial score (nSPS) is 23.9. The van der Waals surface area contributed by atoms with Crippen LogP contribution < -0.4 is 4.90 Å². The van der Waals surface area contributed by atoms with E-state index in [0.717, 1.165) is 9.26 Å². The minimum Gasteiger partial charge on any atom is -0.314 e. The van der Waals surface area contributed by atoms with Crippen LogP contribution in [0, 0.1) is 20.8 Å². The summed E-state index contributed by atoms with van der Waals surface area (Å²) in [6.45, 7) is 5.67. The Hall–Kier alpha value is -0.910. The Bertz CT molecular complexity index is 553. The summed E-state index contributed by atoms with van der Waals surface area (Å²) in [6.07, 6.45) is 0.676. The van der Waals surface area contributed by atoms with Crippen LogP contribution in [0.1, 0.15) is 27.2 Å². The molecule has 0 aromatic heterocycles. The van der Waals surface area contributed by atoms with Crippen molar-refractivity contribution >= 4 is 40.0 Å². The van der Waals surface area contributed by atoms with Crippen LogP contribution in [-0.4, -0.2) is 18.7 Å². The van der Waals surface area contributed by atoms with Crippen molar-refractivity contribution in [2.24, 2.45) is 17.3 Å². The number of hydrogen-bond donors (Lipinski definition) is 0. The monoisotopic (exact) mass is 385 g/mol. The summed E-state index contributed by atoms with van der Waals surface area (Å²) in [7, 11) is 1.82. The number of carbonyl (C=O) groups excluding carboxylic acids is 2. The second-order valence-electron chi connectivity index (χ2n) is 6.12. The number of halogens is 1. The smallest absolute Gasteiger partial charge is 0.230 e. The van der Waals surface area contributed by atoms with Gasteiger partial charge in [0, 0.05) is 22.5 Å². The molecule has 2 atom stereocenters.